The average molecular weight is 570 g/mol. The van der Waals surface area contributed by atoms with Gasteiger partial charge >= 0.3 is 24.0 Å². The summed E-state index contributed by atoms with van der Waals surface area (Å²) >= 11 is 0. The molecular weight excluding hydrogens is 560 g/mol. The Balaban J connectivity index is 2.94. The average Bonchev–Trinajstić information content (AvgIpc) is 2.61. The maximum Gasteiger partial charge on any atom is 0.499 e. The molecule has 0 amide bonds. The quantitative estimate of drug-likeness (QED) is 0.423. The molecule has 198 valence electrons. The molecule has 18 heteroatoms. The van der Waals surface area contributed by atoms with Crippen LogP contribution in [0.15, 0.2) is 42.5 Å². The molecule has 0 saturated carbocycles. The lowest BCUT2D eigenvalue weighted by Crippen LogP contribution is -2.63. The fourth-order valence-corrected chi connectivity index (χ4v) is 7.79. The van der Waals surface area contributed by atoms with Gasteiger partial charge in [-0.05, 0) is 22.4 Å². The first-order chi connectivity index (χ1) is 15.4. The molecule has 0 N–H and O–H groups in total. The topological polar surface area (TPSA) is 68.3 Å². The first-order valence-corrected chi connectivity index (χ1v) is 11.9. The molecule has 35 heavy (non-hydrogen) atoms. The van der Waals surface area contributed by atoms with Crippen molar-refractivity contribution >= 4 is 30.4 Å². The van der Waals surface area contributed by atoms with Gasteiger partial charge in [0.2, 0.25) is 0 Å². The molecule has 0 saturated heterocycles. The molecule has 2 aromatic carbocycles. The molecule has 0 bridgehead atoms. The van der Waals surface area contributed by atoms with Gasteiger partial charge in [-0.25, -0.2) is 16.8 Å². The van der Waals surface area contributed by atoms with E-state index in [2.05, 4.69) is 0 Å². The Hall–Kier alpha value is -2.24. The van der Waals surface area contributed by atoms with E-state index in [1.807, 2.05) is 0 Å². The van der Waals surface area contributed by atoms with Gasteiger partial charge in [-0.3, -0.25) is 0 Å². The van der Waals surface area contributed by atoms with Gasteiger partial charge in [-0.2, -0.15) is 52.7 Å². The van der Waals surface area contributed by atoms with E-state index >= 15 is 0 Å². The smallest absolute Gasteiger partial charge is 0.227 e. The van der Waals surface area contributed by atoms with Crippen molar-refractivity contribution < 1.29 is 69.5 Å². The highest BCUT2D eigenvalue weighted by molar-refractivity contribution is 8.08. The summed E-state index contributed by atoms with van der Waals surface area (Å²) < 4.78 is 204. The highest BCUT2D eigenvalue weighted by Crippen LogP contribution is 2.61. The summed E-state index contributed by atoms with van der Waals surface area (Å²) in [5.41, 5.74) is -15.2. The van der Waals surface area contributed by atoms with Gasteiger partial charge < -0.3 is 0 Å². The third-order valence-electron chi connectivity index (χ3n) is 4.85. The van der Waals surface area contributed by atoms with E-state index in [1.165, 1.54) is 18.2 Å². The zero-order valence-electron chi connectivity index (χ0n) is 16.3. The normalized spacial score (nSPS) is 15.9. The molecule has 1 unspecified atom stereocenters. The van der Waals surface area contributed by atoms with Crippen LogP contribution in [0.3, 0.4) is 0 Å². The second kappa shape index (κ2) is 8.41. The van der Waals surface area contributed by atoms with Crippen LogP contribution in [0.25, 0.3) is 10.8 Å². The number of sulfone groups is 2. The molecule has 2 rings (SSSR count). The summed E-state index contributed by atoms with van der Waals surface area (Å²) in [6.07, 6.45) is -22.4. The van der Waals surface area contributed by atoms with Gasteiger partial charge in [0.25, 0.3) is 15.3 Å². The predicted molar refractivity (Wildman–Crippen MR) is 96.0 cm³/mol. The highest BCUT2D eigenvalue weighted by Gasteiger charge is 2.85. The van der Waals surface area contributed by atoms with Crippen molar-refractivity contribution in [3.05, 3.63) is 48.0 Å². The number of alkyl halides is 12. The first-order valence-electron chi connectivity index (χ1n) is 8.61. The molecule has 2 aromatic rings. The van der Waals surface area contributed by atoms with Gasteiger partial charge in [-0.15, -0.1) is 0 Å². The zero-order chi connectivity index (χ0) is 27.5. The summed E-state index contributed by atoms with van der Waals surface area (Å²) in [6, 6.07) is 6.38. The van der Waals surface area contributed by atoms with Crippen molar-refractivity contribution in [3.63, 3.8) is 0 Å². The molecule has 0 aliphatic rings. The van der Waals surface area contributed by atoms with Crippen LogP contribution >= 0.6 is 0 Å². The van der Waals surface area contributed by atoms with Crippen LogP contribution in [-0.2, 0) is 19.7 Å². The summed E-state index contributed by atoms with van der Waals surface area (Å²) in [7, 11) is -14.3. The third kappa shape index (κ3) is 4.90. The van der Waals surface area contributed by atoms with Gasteiger partial charge in [0.1, 0.15) is 0 Å². The molecule has 0 aliphatic carbocycles. The van der Waals surface area contributed by atoms with Crippen molar-refractivity contribution in [1.82, 2.24) is 0 Å². The summed E-state index contributed by atoms with van der Waals surface area (Å²) in [5, 5.41) is -0.0941. The SMILES string of the molecule is O=S(=O)(CC(C(F)(F)F)(C(F)(F)F)C(F)(F)F)C(c1ccc2ccccc2c1)S(=O)(=O)C(F)(F)F. The Morgan fingerprint density at radius 3 is 1.46 bits per heavy atom. The van der Waals surface area contributed by atoms with Gasteiger partial charge in [-0.1, -0.05) is 36.4 Å². The minimum Gasteiger partial charge on any atom is -0.227 e. The molecule has 0 radical (unpaired) electrons. The lowest BCUT2D eigenvalue weighted by atomic mass is 9.88. The number of hydrogen-bond acceptors (Lipinski definition) is 4. The number of halogens is 12. The van der Waals surface area contributed by atoms with Crippen molar-refractivity contribution in [3.8, 4) is 0 Å². The van der Waals surface area contributed by atoms with E-state index in [1.54, 1.807) is 0 Å². The van der Waals surface area contributed by atoms with Gasteiger partial charge in [0.05, 0.1) is 5.75 Å². The monoisotopic (exact) mass is 570 g/mol. The van der Waals surface area contributed by atoms with Crippen LogP contribution in [0.1, 0.15) is 10.1 Å². The van der Waals surface area contributed by atoms with E-state index in [0.717, 1.165) is 12.1 Å². The second-order valence-electron chi connectivity index (χ2n) is 7.14. The zero-order valence-corrected chi connectivity index (χ0v) is 17.9. The maximum atomic E-state index is 13.2. The summed E-state index contributed by atoms with van der Waals surface area (Å²) in [5.74, 6) is -4.11. The fourth-order valence-electron chi connectivity index (χ4n) is 3.16. The van der Waals surface area contributed by atoms with Crippen molar-refractivity contribution in [2.75, 3.05) is 5.75 Å². The lowest BCUT2D eigenvalue weighted by molar-refractivity contribution is -0.418. The predicted octanol–water partition coefficient (Wildman–Crippen LogP) is 5.86. The van der Waals surface area contributed by atoms with Crippen molar-refractivity contribution in [1.29, 1.82) is 0 Å². The Bertz CT molecular complexity index is 1270. The van der Waals surface area contributed by atoms with Crippen molar-refractivity contribution in [2.45, 2.75) is 28.6 Å². The van der Waals surface area contributed by atoms with E-state index < -0.39 is 65.0 Å². The van der Waals surface area contributed by atoms with Crippen molar-refractivity contribution in [2.24, 2.45) is 5.41 Å². The highest BCUT2D eigenvalue weighted by atomic mass is 32.3. The number of fused-ring (bicyclic) bond motifs is 1. The van der Waals surface area contributed by atoms with E-state index in [4.69, 9.17) is 0 Å². The van der Waals surface area contributed by atoms with Crippen LogP contribution in [0.2, 0.25) is 0 Å². The minimum absolute atomic E-state index is 0.118. The molecule has 4 nitrogen and oxygen atoms in total. The van der Waals surface area contributed by atoms with E-state index in [9.17, 15) is 69.5 Å². The Morgan fingerprint density at radius 1 is 0.629 bits per heavy atom. The maximum absolute atomic E-state index is 13.2. The molecular formula is C17H10F12O4S2. The molecule has 1 atom stereocenters. The third-order valence-corrected chi connectivity index (χ3v) is 9.73. The summed E-state index contributed by atoms with van der Waals surface area (Å²) in [4.78, 5) is 0. The number of rotatable bonds is 5. The Morgan fingerprint density at radius 2 is 1.06 bits per heavy atom. The van der Waals surface area contributed by atoms with E-state index in [0.29, 0.717) is 12.1 Å². The standard InChI is InChI=1S/C17H10F12O4S2/c18-14(19,20)13(15(21,22)23,16(24,25)26)8-34(30,31)12(35(32,33)17(27,28)29)11-6-5-9-3-1-2-4-10(9)7-11/h1-7,12H,8H2. The molecule has 0 aliphatic heterocycles. The molecule has 0 aromatic heterocycles. The second-order valence-corrected chi connectivity index (χ2v) is 11.5. The number of hydrogen-bond donors (Lipinski definition) is 0. The fraction of sp³-hybridized carbons (Fsp3) is 0.412. The summed E-state index contributed by atoms with van der Waals surface area (Å²) in [6.45, 7) is 0. The first kappa shape index (κ1) is 29.0. The molecule has 0 spiro atoms. The van der Waals surface area contributed by atoms with Crippen LogP contribution in [0.5, 0.6) is 0 Å². The minimum atomic E-state index is -7.45. The Labute approximate surface area is 188 Å². The van der Waals surface area contributed by atoms with Crippen LogP contribution in [0.4, 0.5) is 52.7 Å². The molecule has 0 heterocycles. The van der Waals surface area contributed by atoms with Crippen LogP contribution in [0, 0.1) is 5.41 Å². The van der Waals surface area contributed by atoms with E-state index in [-0.39, 0.29) is 10.8 Å². The van der Waals surface area contributed by atoms with Gasteiger partial charge in [0, 0.05) is 0 Å². The number of benzene rings is 2. The van der Waals surface area contributed by atoms with Gasteiger partial charge in [0.15, 0.2) is 14.4 Å². The van der Waals surface area contributed by atoms with Crippen LogP contribution < -0.4 is 0 Å². The Kier molecular flexibility index (Phi) is 6.97. The van der Waals surface area contributed by atoms with Crippen LogP contribution in [-0.4, -0.2) is 46.6 Å². The lowest BCUT2D eigenvalue weighted by Gasteiger charge is -2.38. The molecule has 0 fully saturated rings. The largest absolute Gasteiger partial charge is 0.499 e.